The molecule has 0 saturated heterocycles. The Hall–Kier alpha value is -1.12. The van der Waals surface area contributed by atoms with Gasteiger partial charge in [-0.3, -0.25) is 9.59 Å². The molecule has 4 unspecified atom stereocenters. The lowest BCUT2D eigenvalue weighted by Gasteiger charge is -2.60. The Bertz CT molecular complexity index is 709. The summed E-state index contributed by atoms with van der Waals surface area (Å²) in [6, 6.07) is 0. The number of carbonyl (C=O) groups is 2. The zero-order valence-electron chi connectivity index (χ0n) is 18.9. The van der Waals surface area contributed by atoms with Gasteiger partial charge in [-0.05, 0) is 97.9 Å². The van der Waals surface area contributed by atoms with Gasteiger partial charge < -0.3 is 5.11 Å². The number of fused-ring (bicyclic) bond motifs is 5. The number of Topliss-reactive ketones (excluding diaryl/α,β-unsaturated/α-hetero) is 1. The van der Waals surface area contributed by atoms with Crippen molar-refractivity contribution in [2.75, 3.05) is 0 Å². The van der Waals surface area contributed by atoms with Crippen LogP contribution in [0.3, 0.4) is 0 Å². The summed E-state index contributed by atoms with van der Waals surface area (Å²) in [7, 11) is 0. The molecule has 4 rings (SSSR count). The molecular weight excluding hydrogens is 360 g/mol. The highest BCUT2D eigenvalue weighted by Crippen LogP contribution is 2.68. The van der Waals surface area contributed by atoms with Crippen molar-refractivity contribution in [2.24, 2.45) is 46.3 Å². The minimum absolute atomic E-state index is 0.200. The van der Waals surface area contributed by atoms with Crippen LogP contribution in [-0.4, -0.2) is 16.9 Å². The van der Waals surface area contributed by atoms with Gasteiger partial charge in [0.15, 0.2) is 5.78 Å². The number of carbonyl (C=O) groups excluding carboxylic acids is 1. The Morgan fingerprint density at radius 1 is 1.10 bits per heavy atom. The van der Waals surface area contributed by atoms with Gasteiger partial charge in [0.05, 0.1) is 0 Å². The molecule has 29 heavy (non-hydrogen) atoms. The van der Waals surface area contributed by atoms with E-state index in [0.29, 0.717) is 40.8 Å². The Balaban J connectivity index is 1.64. The van der Waals surface area contributed by atoms with Gasteiger partial charge in [0.25, 0.3) is 0 Å². The van der Waals surface area contributed by atoms with Gasteiger partial charge >= 0.3 is 5.97 Å². The fraction of sp³-hybridized carbons (Fsp3) is 0.846. The van der Waals surface area contributed by atoms with Crippen molar-refractivity contribution in [3.63, 3.8) is 0 Å². The highest BCUT2D eigenvalue weighted by atomic mass is 16.4. The number of hydrogen-bond acceptors (Lipinski definition) is 2. The topological polar surface area (TPSA) is 54.4 Å². The first-order chi connectivity index (χ1) is 13.7. The van der Waals surface area contributed by atoms with Crippen LogP contribution in [0.25, 0.3) is 0 Å². The van der Waals surface area contributed by atoms with Crippen LogP contribution in [0, 0.1) is 46.3 Å². The van der Waals surface area contributed by atoms with Crippen LogP contribution in [0.5, 0.6) is 0 Å². The Morgan fingerprint density at radius 3 is 2.52 bits per heavy atom. The maximum atomic E-state index is 13.8. The van der Waals surface area contributed by atoms with Crippen LogP contribution in [-0.2, 0) is 9.59 Å². The van der Waals surface area contributed by atoms with Crippen LogP contribution < -0.4 is 0 Å². The molecule has 0 bridgehead atoms. The molecule has 0 spiro atoms. The van der Waals surface area contributed by atoms with Crippen LogP contribution in [0.4, 0.5) is 0 Å². The summed E-state index contributed by atoms with van der Waals surface area (Å²) in [4.78, 5) is 24.9. The maximum absolute atomic E-state index is 13.8. The van der Waals surface area contributed by atoms with Crippen molar-refractivity contribution in [3.05, 3.63) is 11.6 Å². The number of hydrogen-bond donors (Lipinski definition) is 1. The Morgan fingerprint density at radius 2 is 1.83 bits per heavy atom. The van der Waals surface area contributed by atoms with Gasteiger partial charge in [-0.15, -0.1) is 0 Å². The number of aliphatic carboxylic acids is 1. The second kappa shape index (κ2) is 7.54. The van der Waals surface area contributed by atoms with Gasteiger partial charge in [0.2, 0.25) is 0 Å². The molecule has 3 heteroatoms. The molecule has 0 amide bonds. The molecular formula is C26H40O3. The second-order valence-electron chi connectivity index (χ2n) is 11.3. The van der Waals surface area contributed by atoms with E-state index >= 15 is 0 Å². The molecule has 0 aliphatic heterocycles. The molecule has 1 N–H and O–H groups in total. The summed E-state index contributed by atoms with van der Waals surface area (Å²) in [5.74, 6) is 2.51. The molecule has 4 aliphatic rings. The maximum Gasteiger partial charge on any atom is 0.303 e. The molecule has 0 radical (unpaired) electrons. The molecule has 8 atom stereocenters. The summed E-state index contributed by atoms with van der Waals surface area (Å²) in [5, 5.41) is 9.13. The molecule has 4 aliphatic carbocycles. The zero-order valence-corrected chi connectivity index (χ0v) is 18.9. The van der Waals surface area contributed by atoms with E-state index in [9.17, 15) is 9.59 Å². The normalized spacial score (nSPS) is 46.7. The van der Waals surface area contributed by atoms with Crippen molar-refractivity contribution in [2.45, 2.75) is 91.9 Å². The summed E-state index contributed by atoms with van der Waals surface area (Å²) < 4.78 is 0. The van der Waals surface area contributed by atoms with Gasteiger partial charge in [-0.1, -0.05) is 39.7 Å². The van der Waals surface area contributed by atoms with E-state index in [4.69, 9.17) is 5.11 Å². The van der Waals surface area contributed by atoms with E-state index < -0.39 is 5.97 Å². The van der Waals surface area contributed by atoms with E-state index in [0.717, 1.165) is 18.4 Å². The third-order valence-electron chi connectivity index (χ3n) is 10.2. The van der Waals surface area contributed by atoms with Crippen molar-refractivity contribution in [1.29, 1.82) is 0 Å². The summed E-state index contributed by atoms with van der Waals surface area (Å²) in [5.41, 5.74) is 1.65. The van der Waals surface area contributed by atoms with Crippen LogP contribution in [0.15, 0.2) is 11.6 Å². The van der Waals surface area contributed by atoms with Gasteiger partial charge in [0.1, 0.15) is 0 Å². The molecule has 0 aromatic carbocycles. The standard InChI is InChI=1S/C26H40O3/c1-5-17-19-8-6-7-14-25(19,3)21-13-15-26(4)18(16(2)9-12-22(27)28)10-11-20(26)23(21)24(17)29/h5,16,18-21,23H,6-15H2,1-4H3,(H,27,28)/b17-5-/t16-,18?,19+,20?,21?,23?,25+,26-/m1/s1. The van der Waals surface area contributed by atoms with E-state index in [1.54, 1.807) is 0 Å². The van der Waals surface area contributed by atoms with E-state index in [2.05, 4.69) is 33.8 Å². The van der Waals surface area contributed by atoms with Crippen LogP contribution in [0.1, 0.15) is 91.9 Å². The van der Waals surface area contributed by atoms with Gasteiger partial charge in [0, 0.05) is 12.3 Å². The lowest BCUT2D eigenvalue weighted by molar-refractivity contribution is -0.146. The lowest BCUT2D eigenvalue weighted by Crippen LogP contribution is -2.57. The first kappa shape index (κ1) is 21.1. The van der Waals surface area contributed by atoms with Crippen molar-refractivity contribution < 1.29 is 14.7 Å². The van der Waals surface area contributed by atoms with Crippen molar-refractivity contribution >= 4 is 11.8 Å². The average Bonchev–Trinajstić information content (AvgIpc) is 3.04. The number of carboxylic acids is 1. The zero-order chi connectivity index (χ0) is 21.0. The molecule has 0 aromatic heterocycles. The first-order valence-corrected chi connectivity index (χ1v) is 12.2. The predicted octanol–water partition coefficient (Wildman–Crippen LogP) is 6.27. The molecule has 162 valence electrons. The minimum Gasteiger partial charge on any atom is -0.481 e. The summed E-state index contributed by atoms with van der Waals surface area (Å²) >= 11 is 0. The second-order valence-corrected chi connectivity index (χ2v) is 11.3. The molecule has 4 saturated carbocycles. The average molecular weight is 401 g/mol. The smallest absolute Gasteiger partial charge is 0.303 e. The van der Waals surface area contributed by atoms with Crippen molar-refractivity contribution in [3.8, 4) is 0 Å². The number of ketones is 1. The minimum atomic E-state index is -0.684. The Labute approximate surface area is 176 Å². The van der Waals surface area contributed by atoms with E-state index in [1.807, 2.05) is 0 Å². The summed E-state index contributed by atoms with van der Waals surface area (Å²) in [6.45, 7) is 9.29. The fourth-order valence-electron chi connectivity index (χ4n) is 8.79. The molecule has 4 fully saturated rings. The van der Waals surface area contributed by atoms with Crippen LogP contribution in [0.2, 0.25) is 0 Å². The number of carboxylic acid groups (broad SMARTS) is 1. The third-order valence-corrected chi connectivity index (χ3v) is 10.2. The van der Waals surface area contributed by atoms with Gasteiger partial charge in [-0.2, -0.15) is 0 Å². The first-order valence-electron chi connectivity index (χ1n) is 12.2. The summed E-state index contributed by atoms with van der Waals surface area (Å²) in [6.07, 6.45) is 13.0. The third kappa shape index (κ3) is 3.13. The SMILES string of the molecule is C/C=C1\C(=O)C2C3CCC([C@H](C)CCC(=O)O)[C@@]3(C)CCC2[C@@]2(C)CCCC[C@@H]12. The van der Waals surface area contributed by atoms with Crippen molar-refractivity contribution in [1.82, 2.24) is 0 Å². The predicted molar refractivity (Wildman–Crippen MR) is 115 cm³/mol. The monoisotopic (exact) mass is 400 g/mol. The van der Waals surface area contributed by atoms with E-state index in [-0.39, 0.29) is 17.8 Å². The highest BCUT2D eigenvalue weighted by Gasteiger charge is 2.63. The molecule has 0 heterocycles. The number of allylic oxidation sites excluding steroid dienone is 2. The number of rotatable bonds is 4. The quantitative estimate of drug-likeness (QED) is 0.566. The van der Waals surface area contributed by atoms with Gasteiger partial charge in [-0.25, -0.2) is 0 Å². The highest BCUT2D eigenvalue weighted by molar-refractivity contribution is 5.99. The Kier molecular flexibility index (Phi) is 5.49. The molecule has 0 aromatic rings. The van der Waals surface area contributed by atoms with E-state index in [1.165, 1.54) is 44.9 Å². The molecule has 3 nitrogen and oxygen atoms in total. The van der Waals surface area contributed by atoms with Crippen LogP contribution >= 0.6 is 0 Å². The lowest BCUT2D eigenvalue weighted by atomic mass is 9.43. The largest absolute Gasteiger partial charge is 0.481 e. The fourth-order valence-corrected chi connectivity index (χ4v) is 8.79.